The Kier molecular flexibility index (Phi) is 5.23. The van der Waals surface area contributed by atoms with Gasteiger partial charge in [0.15, 0.2) is 0 Å². The molecule has 1 aromatic carbocycles. The van der Waals surface area contributed by atoms with E-state index in [0.717, 1.165) is 18.1 Å². The number of imidazole rings is 1. The molecule has 3 heterocycles. The molecule has 0 bridgehead atoms. The SMILES string of the molecule is CC(C)c1nccn1-c1cccc([C@@H]2CCCN2S(=O)(=O)c2ccc(F)cc2)n1. The van der Waals surface area contributed by atoms with E-state index in [-0.39, 0.29) is 16.9 Å². The number of nitrogens with zero attached hydrogens (tertiary/aromatic N) is 4. The van der Waals surface area contributed by atoms with Gasteiger partial charge in [-0.25, -0.2) is 22.8 Å². The molecule has 0 radical (unpaired) electrons. The van der Waals surface area contributed by atoms with E-state index in [2.05, 4.69) is 18.8 Å². The molecule has 4 rings (SSSR count). The van der Waals surface area contributed by atoms with Crippen molar-refractivity contribution in [2.24, 2.45) is 0 Å². The highest BCUT2D eigenvalue weighted by atomic mass is 32.2. The second-order valence-electron chi connectivity index (χ2n) is 7.46. The van der Waals surface area contributed by atoms with Crippen LogP contribution in [0.2, 0.25) is 0 Å². The summed E-state index contributed by atoms with van der Waals surface area (Å²) < 4.78 is 42.9. The summed E-state index contributed by atoms with van der Waals surface area (Å²) in [6.45, 7) is 4.55. The molecule has 8 heteroatoms. The fourth-order valence-corrected chi connectivity index (χ4v) is 5.43. The number of aromatic nitrogens is 3. The molecular formula is C21H23FN4O2S. The van der Waals surface area contributed by atoms with Gasteiger partial charge in [-0.1, -0.05) is 19.9 Å². The highest BCUT2D eigenvalue weighted by Crippen LogP contribution is 2.36. The van der Waals surface area contributed by atoms with Gasteiger partial charge in [0.05, 0.1) is 16.6 Å². The molecule has 1 fully saturated rings. The Labute approximate surface area is 170 Å². The number of pyridine rings is 1. The third-order valence-corrected chi connectivity index (χ3v) is 7.08. The largest absolute Gasteiger partial charge is 0.288 e. The van der Waals surface area contributed by atoms with Gasteiger partial charge in [0.1, 0.15) is 17.5 Å². The minimum atomic E-state index is -3.73. The van der Waals surface area contributed by atoms with Crippen LogP contribution in [0.5, 0.6) is 0 Å². The van der Waals surface area contributed by atoms with Crippen molar-refractivity contribution in [3.8, 4) is 5.82 Å². The molecule has 6 nitrogen and oxygen atoms in total. The molecule has 0 amide bonds. The maximum Gasteiger partial charge on any atom is 0.243 e. The summed E-state index contributed by atoms with van der Waals surface area (Å²) in [5.41, 5.74) is 0.703. The number of hydrogen-bond acceptors (Lipinski definition) is 4. The zero-order chi connectivity index (χ0) is 20.6. The summed E-state index contributed by atoms with van der Waals surface area (Å²) in [5, 5.41) is 0. The van der Waals surface area contributed by atoms with Crippen LogP contribution in [-0.4, -0.2) is 33.8 Å². The summed E-state index contributed by atoms with van der Waals surface area (Å²) in [4.78, 5) is 9.27. The highest BCUT2D eigenvalue weighted by Gasteiger charge is 2.37. The van der Waals surface area contributed by atoms with Gasteiger partial charge in [-0.05, 0) is 49.2 Å². The minimum absolute atomic E-state index is 0.0960. The first-order valence-electron chi connectivity index (χ1n) is 9.66. The Hall–Kier alpha value is -2.58. The third-order valence-electron chi connectivity index (χ3n) is 5.15. The number of hydrogen-bond donors (Lipinski definition) is 0. The van der Waals surface area contributed by atoms with Gasteiger partial charge in [-0.15, -0.1) is 0 Å². The first-order valence-corrected chi connectivity index (χ1v) is 11.1. The molecule has 1 saturated heterocycles. The van der Waals surface area contributed by atoms with Gasteiger partial charge in [0.25, 0.3) is 0 Å². The normalized spacial score (nSPS) is 17.9. The zero-order valence-electron chi connectivity index (χ0n) is 16.4. The van der Waals surface area contributed by atoms with Crippen LogP contribution in [0, 0.1) is 5.82 Å². The van der Waals surface area contributed by atoms with E-state index < -0.39 is 15.8 Å². The molecule has 0 unspecified atom stereocenters. The number of sulfonamides is 1. The lowest BCUT2D eigenvalue weighted by atomic mass is 10.1. The van der Waals surface area contributed by atoms with Gasteiger partial charge in [0.2, 0.25) is 10.0 Å². The van der Waals surface area contributed by atoms with Crippen LogP contribution in [-0.2, 0) is 10.0 Å². The average Bonchev–Trinajstić information content (AvgIpc) is 3.38. The molecule has 0 aliphatic carbocycles. The van der Waals surface area contributed by atoms with Gasteiger partial charge in [-0.3, -0.25) is 4.57 Å². The van der Waals surface area contributed by atoms with E-state index >= 15 is 0 Å². The number of halogens is 1. The zero-order valence-corrected chi connectivity index (χ0v) is 17.2. The van der Waals surface area contributed by atoms with Crippen LogP contribution < -0.4 is 0 Å². The van der Waals surface area contributed by atoms with Crippen LogP contribution >= 0.6 is 0 Å². The van der Waals surface area contributed by atoms with Gasteiger partial charge >= 0.3 is 0 Å². The third kappa shape index (κ3) is 3.70. The summed E-state index contributed by atoms with van der Waals surface area (Å²) in [6.07, 6.45) is 5.05. The molecular weight excluding hydrogens is 391 g/mol. The number of rotatable bonds is 5. The Bertz CT molecular complexity index is 1110. The van der Waals surface area contributed by atoms with Crippen molar-refractivity contribution in [1.29, 1.82) is 0 Å². The van der Waals surface area contributed by atoms with Crippen LogP contribution in [0.25, 0.3) is 5.82 Å². The first kappa shape index (κ1) is 19.7. The van der Waals surface area contributed by atoms with Crippen LogP contribution in [0.1, 0.15) is 50.2 Å². The molecule has 1 aliphatic heterocycles. The Morgan fingerprint density at radius 1 is 1.14 bits per heavy atom. The lowest BCUT2D eigenvalue weighted by Crippen LogP contribution is -2.31. The van der Waals surface area contributed by atoms with E-state index in [9.17, 15) is 12.8 Å². The van der Waals surface area contributed by atoms with Crippen molar-refractivity contribution in [1.82, 2.24) is 18.8 Å². The molecule has 29 heavy (non-hydrogen) atoms. The summed E-state index contributed by atoms with van der Waals surface area (Å²) in [6, 6.07) is 10.3. The highest BCUT2D eigenvalue weighted by molar-refractivity contribution is 7.89. The number of benzene rings is 1. The second kappa shape index (κ2) is 7.68. The van der Waals surface area contributed by atoms with E-state index in [0.29, 0.717) is 18.7 Å². The quantitative estimate of drug-likeness (QED) is 0.632. The monoisotopic (exact) mass is 414 g/mol. The minimum Gasteiger partial charge on any atom is -0.288 e. The predicted molar refractivity (Wildman–Crippen MR) is 108 cm³/mol. The molecule has 0 N–H and O–H groups in total. The fourth-order valence-electron chi connectivity index (χ4n) is 3.76. The predicted octanol–water partition coefficient (Wildman–Crippen LogP) is 4.06. The Balaban J connectivity index is 1.69. The first-order chi connectivity index (χ1) is 13.9. The van der Waals surface area contributed by atoms with Crippen molar-refractivity contribution in [3.63, 3.8) is 0 Å². The molecule has 1 atom stereocenters. The van der Waals surface area contributed by atoms with Crippen LogP contribution in [0.4, 0.5) is 4.39 Å². The Morgan fingerprint density at radius 3 is 2.62 bits per heavy atom. The van der Waals surface area contributed by atoms with Crippen molar-refractivity contribution >= 4 is 10.0 Å². The molecule has 1 aliphatic rings. The van der Waals surface area contributed by atoms with E-state index in [1.807, 2.05) is 29.0 Å². The van der Waals surface area contributed by atoms with E-state index in [4.69, 9.17) is 4.98 Å². The van der Waals surface area contributed by atoms with Crippen molar-refractivity contribution in [2.45, 2.75) is 43.5 Å². The van der Waals surface area contributed by atoms with Crippen LogP contribution in [0.15, 0.2) is 59.8 Å². The average molecular weight is 415 g/mol. The fraction of sp³-hybridized carbons (Fsp3) is 0.333. The van der Waals surface area contributed by atoms with Gasteiger partial charge in [-0.2, -0.15) is 4.31 Å². The topological polar surface area (TPSA) is 68.1 Å². The Morgan fingerprint density at radius 2 is 1.90 bits per heavy atom. The standard InChI is InChI=1S/C21H23FN4O2S/c1-15(2)21-23-12-14-25(21)20-7-3-5-18(24-20)19-6-4-13-26(19)29(27,28)17-10-8-16(22)9-11-17/h3,5,7-12,14-15,19H,4,6,13H2,1-2H3/t19-/m0/s1. The molecule has 0 spiro atoms. The smallest absolute Gasteiger partial charge is 0.243 e. The maximum absolute atomic E-state index is 13.2. The van der Waals surface area contributed by atoms with Gasteiger partial charge < -0.3 is 0 Å². The van der Waals surface area contributed by atoms with E-state index in [1.54, 1.807) is 6.20 Å². The van der Waals surface area contributed by atoms with E-state index in [1.165, 1.54) is 28.6 Å². The van der Waals surface area contributed by atoms with Gasteiger partial charge in [0, 0.05) is 24.9 Å². The van der Waals surface area contributed by atoms with Crippen LogP contribution in [0.3, 0.4) is 0 Å². The maximum atomic E-state index is 13.2. The van der Waals surface area contributed by atoms with Crippen molar-refractivity contribution in [3.05, 3.63) is 72.2 Å². The summed E-state index contributed by atoms with van der Waals surface area (Å²) in [5.74, 6) is 1.39. The summed E-state index contributed by atoms with van der Waals surface area (Å²) in [7, 11) is -3.73. The molecule has 0 saturated carbocycles. The lowest BCUT2D eigenvalue weighted by Gasteiger charge is -2.24. The second-order valence-corrected chi connectivity index (χ2v) is 9.35. The lowest BCUT2D eigenvalue weighted by molar-refractivity contribution is 0.390. The summed E-state index contributed by atoms with van der Waals surface area (Å²) >= 11 is 0. The van der Waals surface area contributed by atoms with Crippen molar-refractivity contribution in [2.75, 3.05) is 6.54 Å². The molecule has 152 valence electrons. The van der Waals surface area contributed by atoms with Crippen molar-refractivity contribution < 1.29 is 12.8 Å². The molecule has 3 aromatic rings. The molecule has 2 aromatic heterocycles.